The van der Waals surface area contributed by atoms with Crippen molar-refractivity contribution in [3.63, 3.8) is 0 Å². The maximum Gasteiger partial charge on any atom is 0.323 e. The quantitative estimate of drug-likeness (QED) is 0.454. The van der Waals surface area contributed by atoms with Crippen molar-refractivity contribution < 1.29 is 4.74 Å². The number of aromatic amines is 2. The normalized spacial score (nSPS) is 10.9. The summed E-state index contributed by atoms with van der Waals surface area (Å²) < 4.78 is 5.87. The van der Waals surface area contributed by atoms with E-state index >= 15 is 0 Å². The average molecular weight is 380 g/mol. The van der Waals surface area contributed by atoms with Gasteiger partial charge >= 0.3 is 5.69 Å². The molecule has 27 heavy (non-hydrogen) atoms. The van der Waals surface area contributed by atoms with Gasteiger partial charge in [0.2, 0.25) is 0 Å². The van der Waals surface area contributed by atoms with Crippen LogP contribution in [0.4, 0.5) is 5.69 Å². The van der Waals surface area contributed by atoms with Crippen molar-refractivity contribution >= 4 is 28.3 Å². The zero-order chi connectivity index (χ0) is 18.6. The van der Waals surface area contributed by atoms with Gasteiger partial charge in [0.1, 0.15) is 12.4 Å². The van der Waals surface area contributed by atoms with E-state index in [1.807, 2.05) is 66.7 Å². The van der Waals surface area contributed by atoms with Crippen LogP contribution in [0.15, 0.2) is 71.5 Å². The number of anilines is 1. The lowest BCUT2D eigenvalue weighted by molar-refractivity contribution is 0.306. The largest absolute Gasteiger partial charge is 0.489 e. The Bertz CT molecular complexity index is 1130. The molecule has 0 radical (unpaired) electrons. The zero-order valence-corrected chi connectivity index (χ0v) is 15.2. The number of H-pyrrole nitrogens is 2. The highest BCUT2D eigenvalue weighted by Crippen LogP contribution is 2.19. The lowest BCUT2D eigenvalue weighted by Gasteiger charge is -2.10. The molecular weight excluding hydrogens is 362 g/mol. The number of ether oxygens (including phenoxy) is 1. The highest BCUT2D eigenvalue weighted by atomic mass is 35.5. The third-order valence-electron chi connectivity index (χ3n) is 4.21. The minimum absolute atomic E-state index is 0.202. The fourth-order valence-electron chi connectivity index (χ4n) is 2.89. The van der Waals surface area contributed by atoms with E-state index in [1.165, 1.54) is 0 Å². The molecule has 5 nitrogen and oxygen atoms in total. The van der Waals surface area contributed by atoms with E-state index in [4.69, 9.17) is 16.3 Å². The van der Waals surface area contributed by atoms with E-state index in [0.29, 0.717) is 18.2 Å². The molecule has 0 aliphatic carbocycles. The van der Waals surface area contributed by atoms with Crippen LogP contribution in [-0.2, 0) is 13.2 Å². The van der Waals surface area contributed by atoms with Gasteiger partial charge in [0.15, 0.2) is 0 Å². The molecule has 1 heterocycles. The monoisotopic (exact) mass is 379 g/mol. The van der Waals surface area contributed by atoms with Crippen molar-refractivity contribution in [3.05, 3.63) is 93.4 Å². The summed E-state index contributed by atoms with van der Waals surface area (Å²) in [6.07, 6.45) is 0. The first-order chi connectivity index (χ1) is 13.2. The van der Waals surface area contributed by atoms with Gasteiger partial charge in [-0.2, -0.15) is 0 Å². The number of fused-ring (bicyclic) bond motifs is 1. The van der Waals surface area contributed by atoms with E-state index in [1.54, 1.807) is 0 Å². The van der Waals surface area contributed by atoms with Gasteiger partial charge in [-0.3, -0.25) is 0 Å². The minimum atomic E-state index is -0.202. The summed E-state index contributed by atoms with van der Waals surface area (Å²) in [5.41, 5.74) is 4.43. The molecule has 0 fully saturated rings. The standard InChI is InChI=1S/C21H18ClN3O2/c22-16-5-1-4-15(9-16)13-27-18-6-2-3-14(10-18)12-23-17-7-8-19-20(11-17)25-21(26)24-19/h1-11,23H,12-13H2,(H2,24,25,26). The summed E-state index contributed by atoms with van der Waals surface area (Å²) >= 11 is 6.00. The second-order valence-electron chi connectivity index (χ2n) is 6.26. The molecule has 4 rings (SSSR count). The Morgan fingerprint density at radius 2 is 1.70 bits per heavy atom. The number of nitrogens with one attached hydrogen (secondary N) is 3. The summed E-state index contributed by atoms with van der Waals surface area (Å²) in [7, 11) is 0. The number of benzene rings is 3. The molecule has 136 valence electrons. The third kappa shape index (κ3) is 4.33. The molecule has 0 saturated heterocycles. The van der Waals surface area contributed by atoms with Crippen LogP contribution in [0, 0.1) is 0 Å². The van der Waals surface area contributed by atoms with Crippen molar-refractivity contribution in [1.82, 2.24) is 9.97 Å². The summed E-state index contributed by atoms with van der Waals surface area (Å²) in [5.74, 6) is 0.805. The Hall–Kier alpha value is -3.18. The van der Waals surface area contributed by atoms with E-state index in [2.05, 4.69) is 15.3 Å². The maximum atomic E-state index is 11.3. The predicted molar refractivity (Wildman–Crippen MR) is 108 cm³/mol. The van der Waals surface area contributed by atoms with Crippen molar-refractivity contribution in [2.45, 2.75) is 13.2 Å². The van der Waals surface area contributed by atoms with E-state index in [-0.39, 0.29) is 5.69 Å². The molecule has 0 unspecified atom stereocenters. The Balaban J connectivity index is 1.40. The average Bonchev–Trinajstić information content (AvgIpc) is 3.04. The van der Waals surface area contributed by atoms with Crippen molar-refractivity contribution in [2.24, 2.45) is 0 Å². The van der Waals surface area contributed by atoms with Crippen molar-refractivity contribution in [2.75, 3.05) is 5.32 Å². The second kappa shape index (κ2) is 7.60. The van der Waals surface area contributed by atoms with Crippen LogP contribution in [-0.4, -0.2) is 9.97 Å². The van der Waals surface area contributed by atoms with Crippen LogP contribution in [0.1, 0.15) is 11.1 Å². The molecule has 3 aromatic carbocycles. The molecule has 6 heteroatoms. The van der Waals surface area contributed by atoms with Gasteiger partial charge in [0.25, 0.3) is 0 Å². The van der Waals surface area contributed by atoms with Crippen LogP contribution in [0.5, 0.6) is 5.75 Å². The van der Waals surface area contributed by atoms with Crippen molar-refractivity contribution in [3.8, 4) is 5.75 Å². The molecule has 1 aromatic heterocycles. The third-order valence-corrected chi connectivity index (χ3v) is 4.44. The van der Waals surface area contributed by atoms with Gasteiger partial charge in [0, 0.05) is 17.3 Å². The number of imidazole rings is 1. The summed E-state index contributed by atoms with van der Waals surface area (Å²) in [6.45, 7) is 1.11. The summed E-state index contributed by atoms with van der Waals surface area (Å²) in [5, 5.41) is 4.07. The molecule has 0 saturated carbocycles. The Morgan fingerprint density at radius 1 is 0.889 bits per heavy atom. The number of halogens is 1. The van der Waals surface area contributed by atoms with Crippen LogP contribution in [0.25, 0.3) is 11.0 Å². The number of hydrogen-bond acceptors (Lipinski definition) is 3. The predicted octanol–water partition coefficient (Wildman–Crippen LogP) is 4.70. The topological polar surface area (TPSA) is 69.9 Å². The Kier molecular flexibility index (Phi) is 4.85. The number of hydrogen-bond donors (Lipinski definition) is 3. The highest BCUT2D eigenvalue weighted by Gasteiger charge is 2.02. The molecule has 0 spiro atoms. The zero-order valence-electron chi connectivity index (χ0n) is 14.5. The van der Waals surface area contributed by atoms with Crippen LogP contribution < -0.4 is 15.7 Å². The fraction of sp³-hybridized carbons (Fsp3) is 0.0952. The second-order valence-corrected chi connectivity index (χ2v) is 6.70. The number of rotatable bonds is 6. The smallest absolute Gasteiger partial charge is 0.323 e. The first-order valence-electron chi connectivity index (χ1n) is 8.58. The van der Waals surface area contributed by atoms with Gasteiger partial charge in [-0.1, -0.05) is 35.9 Å². The first kappa shape index (κ1) is 17.2. The Morgan fingerprint density at radius 3 is 2.59 bits per heavy atom. The molecular formula is C21H18ClN3O2. The van der Waals surface area contributed by atoms with E-state index in [0.717, 1.165) is 33.6 Å². The van der Waals surface area contributed by atoms with Crippen molar-refractivity contribution in [1.29, 1.82) is 0 Å². The SMILES string of the molecule is O=c1[nH]c2ccc(NCc3cccc(OCc4cccc(Cl)c4)c3)cc2[nH]1. The lowest BCUT2D eigenvalue weighted by atomic mass is 10.2. The van der Waals surface area contributed by atoms with Crippen LogP contribution in [0.3, 0.4) is 0 Å². The highest BCUT2D eigenvalue weighted by molar-refractivity contribution is 6.30. The fourth-order valence-corrected chi connectivity index (χ4v) is 3.10. The molecule has 0 aliphatic heterocycles. The Labute approximate surface area is 161 Å². The first-order valence-corrected chi connectivity index (χ1v) is 8.96. The van der Waals surface area contributed by atoms with E-state index < -0.39 is 0 Å². The van der Waals surface area contributed by atoms with Gasteiger partial charge in [-0.15, -0.1) is 0 Å². The molecule has 0 aliphatic rings. The minimum Gasteiger partial charge on any atom is -0.489 e. The lowest BCUT2D eigenvalue weighted by Crippen LogP contribution is -2.01. The van der Waals surface area contributed by atoms with Gasteiger partial charge in [-0.25, -0.2) is 4.79 Å². The van der Waals surface area contributed by atoms with Gasteiger partial charge in [0.05, 0.1) is 11.0 Å². The van der Waals surface area contributed by atoms with Crippen LogP contribution in [0.2, 0.25) is 5.02 Å². The molecule has 0 atom stereocenters. The molecule has 0 amide bonds. The maximum absolute atomic E-state index is 11.3. The summed E-state index contributed by atoms with van der Waals surface area (Å²) in [4.78, 5) is 16.8. The summed E-state index contributed by atoms with van der Waals surface area (Å²) in [6, 6.07) is 21.3. The van der Waals surface area contributed by atoms with Gasteiger partial charge in [-0.05, 0) is 53.6 Å². The van der Waals surface area contributed by atoms with E-state index in [9.17, 15) is 4.79 Å². The molecule has 4 aromatic rings. The number of aromatic nitrogens is 2. The van der Waals surface area contributed by atoms with Gasteiger partial charge < -0.3 is 20.0 Å². The molecule has 0 bridgehead atoms. The molecule has 3 N–H and O–H groups in total. The van der Waals surface area contributed by atoms with Crippen LogP contribution >= 0.6 is 11.6 Å².